The van der Waals surface area contributed by atoms with Gasteiger partial charge in [-0.25, -0.2) is 4.79 Å². The molecule has 0 fully saturated rings. The molecule has 0 saturated carbocycles. The van der Waals surface area contributed by atoms with Crippen LogP contribution in [0.15, 0.2) is 66.9 Å². The summed E-state index contributed by atoms with van der Waals surface area (Å²) >= 11 is 0. The second-order valence-corrected chi connectivity index (χ2v) is 10.6. The van der Waals surface area contributed by atoms with Crippen molar-refractivity contribution in [2.75, 3.05) is 11.9 Å². The summed E-state index contributed by atoms with van der Waals surface area (Å²) in [4.78, 5) is 30.8. The van der Waals surface area contributed by atoms with Gasteiger partial charge in [0.25, 0.3) is 0 Å². The lowest BCUT2D eigenvalue weighted by molar-refractivity contribution is -0.133. The summed E-state index contributed by atoms with van der Waals surface area (Å²) < 4.78 is 2.02. The minimum Gasteiger partial charge on any atom is -0.353 e. The van der Waals surface area contributed by atoms with Gasteiger partial charge in [-0.15, -0.1) is 0 Å². The molecule has 37 heavy (non-hydrogen) atoms. The van der Waals surface area contributed by atoms with Crippen molar-refractivity contribution in [3.8, 4) is 0 Å². The lowest BCUT2D eigenvalue weighted by Crippen LogP contribution is -2.47. The van der Waals surface area contributed by atoms with Crippen molar-refractivity contribution >= 4 is 17.6 Å². The Hall–Kier alpha value is -3.54. The molecule has 3 aromatic rings. The first-order chi connectivity index (χ1) is 17.6. The van der Waals surface area contributed by atoms with Crippen LogP contribution < -0.4 is 5.32 Å². The number of aryl methyl sites for hydroxylation is 1. The van der Waals surface area contributed by atoms with Crippen molar-refractivity contribution in [3.63, 3.8) is 0 Å². The molecule has 0 aliphatic heterocycles. The van der Waals surface area contributed by atoms with Crippen LogP contribution in [0.3, 0.4) is 0 Å². The number of urea groups is 1. The van der Waals surface area contributed by atoms with Crippen LogP contribution in [0.25, 0.3) is 0 Å². The SMILES string of the molecule is CC(C)c1cccc(C(C)C)c1NC(=O)N(CC(=O)N(Cc1ccccc1)Cc1cccn1C)C(C)C. The Morgan fingerprint density at radius 3 is 1.95 bits per heavy atom. The average Bonchev–Trinajstić information content (AvgIpc) is 3.26. The molecule has 1 N–H and O–H groups in total. The molecular weight excluding hydrogens is 460 g/mol. The number of hydrogen-bond acceptors (Lipinski definition) is 2. The van der Waals surface area contributed by atoms with Gasteiger partial charge >= 0.3 is 6.03 Å². The zero-order valence-corrected chi connectivity index (χ0v) is 23.4. The number of carbonyl (C=O) groups is 2. The predicted molar refractivity (Wildman–Crippen MR) is 152 cm³/mol. The first-order valence-electron chi connectivity index (χ1n) is 13.2. The number of aromatic nitrogens is 1. The second-order valence-electron chi connectivity index (χ2n) is 10.6. The number of nitrogens with one attached hydrogen (secondary N) is 1. The van der Waals surface area contributed by atoms with E-state index in [0.717, 1.165) is 28.1 Å². The fourth-order valence-electron chi connectivity index (χ4n) is 4.50. The molecule has 3 rings (SSSR count). The maximum Gasteiger partial charge on any atom is 0.322 e. The number of carbonyl (C=O) groups excluding carboxylic acids is 2. The smallest absolute Gasteiger partial charge is 0.322 e. The number of benzene rings is 2. The Bertz CT molecular complexity index is 1150. The minimum atomic E-state index is -0.253. The molecule has 0 aliphatic rings. The number of amides is 3. The van der Waals surface area contributed by atoms with Crippen LogP contribution in [-0.2, 0) is 24.9 Å². The topological polar surface area (TPSA) is 57.6 Å². The van der Waals surface area contributed by atoms with Gasteiger partial charge in [0, 0.05) is 37.2 Å². The van der Waals surface area contributed by atoms with Gasteiger partial charge in [-0.05, 0) is 54.5 Å². The third-order valence-corrected chi connectivity index (χ3v) is 6.77. The molecule has 0 bridgehead atoms. The first-order valence-corrected chi connectivity index (χ1v) is 13.2. The van der Waals surface area contributed by atoms with Crippen molar-refractivity contribution in [2.24, 2.45) is 7.05 Å². The highest BCUT2D eigenvalue weighted by molar-refractivity contribution is 5.94. The molecule has 0 saturated heterocycles. The lowest BCUT2D eigenvalue weighted by Gasteiger charge is -2.31. The standard InChI is InChI=1S/C31H42N4O2/c1-22(2)27-16-11-17-28(23(3)4)30(27)32-31(37)35(24(5)6)21-29(36)34(19-25-13-9-8-10-14-25)20-26-15-12-18-33(26)7/h8-18,22-24H,19-21H2,1-7H3,(H,32,37). The molecule has 0 spiro atoms. The molecule has 0 unspecified atom stereocenters. The molecular formula is C31H42N4O2. The molecule has 3 amide bonds. The number of rotatable bonds is 10. The van der Waals surface area contributed by atoms with Crippen molar-refractivity contribution in [2.45, 2.75) is 72.5 Å². The normalized spacial score (nSPS) is 11.3. The van der Waals surface area contributed by atoms with E-state index in [0.29, 0.717) is 13.1 Å². The van der Waals surface area contributed by atoms with Crippen LogP contribution in [-0.4, -0.2) is 38.9 Å². The maximum absolute atomic E-state index is 13.7. The van der Waals surface area contributed by atoms with Gasteiger partial charge in [-0.3, -0.25) is 4.79 Å². The monoisotopic (exact) mass is 502 g/mol. The Kier molecular flexibility index (Phi) is 9.56. The minimum absolute atomic E-state index is 0.00160. The molecule has 0 atom stereocenters. The molecule has 2 aromatic carbocycles. The van der Waals surface area contributed by atoms with E-state index >= 15 is 0 Å². The largest absolute Gasteiger partial charge is 0.353 e. The van der Waals surface area contributed by atoms with E-state index in [1.54, 1.807) is 4.90 Å². The van der Waals surface area contributed by atoms with E-state index < -0.39 is 0 Å². The Morgan fingerprint density at radius 2 is 1.43 bits per heavy atom. The molecule has 6 heteroatoms. The van der Waals surface area contributed by atoms with Crippen molar-refractivity contribution in [1.29, 1.82) is 0 Å². The molecule has 1 aromatic heterocycles. The fourth-order valence-corrected chi connectivity index (χ4v) is 4.50. The Labute approximate surface area is 222 Å². The van der Waals surface area contributed by atoms with E-state index in [1.165, 1.54) is 0 Å². The van der Waals surface area contributed by atoms with Gasteiger partial charge < -0.3 is 19.7 Å². The van der Waals surface area contributed by atoms with Gasteiger partial charge in [0.15, 0.2) is 0 Å². The van der Waals surface area contributed by atoms with Crippen LogP contribution in [0.1, 0.15) is 75.8 Å². The zero-order chi connectivity index (χ0) is 27.1. The van der Waals surface area contributed by atoms with Crippen molar-refractivity contribution in [1.82, 2.24) is 14.4 Å². The van der Waals surface area contributed by atoms with E-state index in [4.69, 9.17) is 0 Å². The Morgan fingerprint density at radius 1 is 0.811 bits per heavy atom. The van der Waals surface area contributed by atoms with Crippen molar-refractivity contribution < 1.29 is 9.59 Å². The quantitative estimate of drug-likeness (QED) is 0.334. The highest BCUT2D eigenvalue weighted by Crippen LogP contribution is 2.32. The van der Waals surface area contributed by atoms with E-state index in [1.807, 2.05) is 79.0 Å². The van der Waals surface area contributed by atoms with E-state index in [-0.39, 0.29) is 36.4 Å². The summed E-state index contributed by atoms with van der Waals surface area (Å²) in [7, 11) is 1.98. The molecule has 6 nitrogen and oxygen atoms in total. The molecule has 198 valence electrons. The van der Waals surface area contributed by atoms with Crippen molar-refractivity contribution in [3.05, 3.63) is 89.2 Å². The summed E-state index contributed by atoms with van der Waals surface area (Å²) in [5, 5.41) is 3.18. The van der Waals surface area contributed by atoms with E-state index in [2.05, 4.69) is 51.2 Å². The fraction of sp³-hybridized carbons (Fsp3) is 0.419. The first kappa shape index (κ1) is 28.0. The highest BCUT2D eigenvalue weighted by atomic mass is 16.2. The molecule has 0 radical (unpaired) electrons. The summed E-state index contributed by atoms with van der Waals surface area (Å²) in [5.41, 5.74) is 5.16. The third-order valence-electron chi connectivity index (χ3n) is 6.77. The number of anilines is 1. The number of para-hydroxylation sites is 1. The Balaban J connectivity index is 1.85. The van der Waals surface area contributed by atoms with Crippen LogP contribution in [0.2, 0.25) is 0 Å². The van der Waals surface area contributed by atoms with Gasteiger partial charge in [-0.1, -0.05) is 76.2 Å². The second kappa shape index (κ2) is 12.6. The highest BCUT2D eigenvalue weighted by Gasteiger charge is 2.26. The lowest BCUT2D eigenvalue weighted by atomic mass is 9.93. The van der Waals surface area contributed by atoms with Crippen LogP contribution in [0.5, 0.6) is 0 Å². The average molecular weight is 503 g/mol. The summed E-state index contributed by atoms with van der Waals surface area (Å²) in [6.45, 7) is 13.4. The van der Waals surface area contributed by atoms with Gasteiger partial charge in [0.1, 0.15) is 6.54 Å². The summed E-state index contributed by atoms with van der Waals surface area (Å²) in [6.07, 6.45) is 1.98. The number of nitrogens with zero attached hydrogens (tertiary/aromatic N) is 3. The summed E-state index contributed by atoms with van der Waals surface area (Å²) in [6, 6.07) is 19.8. The summed E-state index contributed by atoms with van der Waals surface area (Å²) in [5.74, 6) is 0.430. The molecule has 1 heterocycles. The number of hydrogen-bond donors (Lipinski definition) is 1. The van der Waals surface area contributed by atoms with Crippen LogP contribution in [0.4, 0.5) is 10.5 Å². The van der Waals surface area contributed by atoms with Gasteiger partial charge in [-0.2, -0.15) is 0 Å². The predicted octanol–water partition coefficient (Wildman–Crippen LogP) is 6.74. The van der Waals surface area contributed by atoms with E-state index in [9.17, 15) is 9.59 Å². The third kappa shape index (κ3) is 7.25. The zero-order valence-electron chi connectivity index (χ0n) is 23.4. The molecule has 0 aliphatic carbocycles. The van der Waals surface area contributed by atoms with Crippen LogP contribution in [0, 0.1) is 0 Å². The maximum atomic E-state index is 13.7. The van der Waals surface area contributed by atoms with Gasteiger partial charge in [0.05, 0.1) is 6.54 Å². The van der Waals surface area contributed by atoms with Crippen LogP contribution >= 0.6 is 0 Å². The van der Waals surface area contributed by atoms with Gasteiger partial charge in [0.2, 0.25) is 5.91 Å².